The van der Waals surface area contributed by atoms with Gasteiger partial charge >= 0.3 is 0 Å². The minimum absolute atomic E-state index is 0.327. The lowest BCUT2D eigenvalue weighted by Gasteiger charge is -2.07. The quantitative estimate of drug-likeness (QED) is 0.855. The van der Waals surface area contributed by atoms with Gasteiger partial charge in [-0.25, -0.2) is 9.97 Å². The summed E-state index contributed by atoms with van der Waals surface area (Å²) in [5.74, 6) is 1.87. The Morgan fingerprint density at radius 1 is 1.28 bits per heavy atom. The maximum Gasteiger partial charge on any atom is 0.137 e. The highest BCUT2D eigenvalue weighted by molar-refractivity contribution is 7.19. The molecular formula is C13H15N3OS. The zero-order valence-electron chi connectivity index (χ0n) is 10.1. The normalized spacial score (nSPS) is 22.8. The van der Waals surface area contributed by atoms with Crippen molar-refractivity contribution < 1.29 is 4.74 Å². The highest BCUT2D eigenvalue weighted by Crippen LogP contribution is 2.39. The van der Waals surface area contributed by atoms with Crippen LogP contribution in [0.3, 0.4) is 0 Å². The molecule has 3 heterocycles. The first-order chi connectivity index (χ1) is 8.83. The minimum atomic E-state index is 0.327. The summed E-state index contributed by atoms with van der Waals surface area (Å²) in [7, 11) is 0. The predicted octanol–water partition coefficient (Wildman–Crippen LogP) is 2.27. The van der Waals surface area contributed by atoms with Crippen LogP contribution >= 0.6 is 11.3 Å². The molecule has 0 radical (unpaired) electrons. The summed E-state index contributed by atoms with van der Waals surface area (Å²) < 4.78 is 5.41. The molecule has 4 rings (SSSR count). The smallest absolute Gasteiger partial charge is 0.137 e. The van der Waals surface area contributed by atoms with E-state index in [1.165, 1.54) is 23.3 Å². The van der Waals surface area contributed by atoms with Crippen LogP contribution in [0.2, 0.25) is 0 Å². The van der Waals surface area contributed by atoms with Crippen LogP contribution in [0, 0.1) is 0 Å². The Kier molecular flexibility index (Phi) is 2.32. The number of fused-ring (bicyclic) bond motifs is 3. The Bertz CT molecular complexity index is 616. The van der Waals surface area contributed by atoms with E-state index in [-0.39, 0.29) is 0 Å². The van der Waals surface area contributed by atoms with Crippen LogP contribution in [0.25, 0.3) is 10.2 Å². The van der Waals surface area contributed by atoms with E-state index in [1.54, 1.807) is 11.3 Å². The number of nitrogens with two attached hydrogens (primary N) is 1. The summed E-state index contributed by atoms with van der Waals surface area (Å²) in [6, 6.07) is 0. The molecule has 0 saturated carbocycles. The van der Waals surface area contributed by atoms with Crippen molar-refractivity contribution in [3.63, 3.8) is 0 Å². The predicted molar refractivity (Wildman–Crippen MR) is 72.0 cm³/mol. The lowest BCUT2D eigenvalue weighted by atomic mass is 10.1. The number of nitrogen functional groups attached to an aromatic ring is 1. The Balaban J connectivity index is 1.88. The molecule has 2 aromatic rings. The second-order valence-corrected chi connectivity index (χ2v) is 6.15. The lowest BCUT2D eigenvalue weighted by molar-refractivity contribution is 0.193. The van der Waals surface area contributed by atoms with Gasteiger partial charge in [-0.1, -0.05) is 0 Å². The Hall–Kier alpha value is -1.20. The first-order valence-corrected chi connectivity index (χ1v) is 7.30. The molecule has 2 aliphatic rings. The highest BCUT2D eigenvalue weighted by atomic mass is 32.1. The molecule has 1 atom stereocenters. The number of ether oxygens (including phenoxy) is 1. The second kappa shape index (κ2) is 3.90. The number of thiophene rings is 1. The molecule has 0 spiro atoms. The summed E-state index contributed by atoms with van der Waals surface area (Å²) in [6.45, 7) is 1.54. The highest BCUT2D eigenvalue weighted by Gasteiger charge is 2.25. The zero-order valence-corrected chi connectivity index (χ0v) is 10.9. The lowest BCUT2D eigenvalue weighted by Crippen LogP contribution is -2.06. The monoisotopic (exact) mass is 261 g/mol. The molecule has 94 valence electrons. The number of rotatable bonds is 1. The summed E-state index contributed by atoms with van der Waals surface area (Å²) in [5, 5.41) is 1.12. The van der Waals surface area contributed by atoms with Crippen molar-refractivity contribution in [2.45, 2.75) is 31.6 Å². The van der Waals surface area contributed by atoms with Crippen molar-refractivity contribution in [1.29, 1.82) is 0 Å². The first-order valence-electron chi connectivity index (χ1n) is 6.48. The van der Waals surface area contributed by atoms with Gasteiger partial charge in [0.15, 0.2) is 0 Å². The molecule has 5 heteroatoms. The topological polar surface area (TPSA) is 61.0 Å². The van der Waals surface area contributed by atoms with Gasteiger partial charge in [-0.05, 0) is 31.2 Å². The molecule has 1 aliphatic heterocycles. The summed E-state index contributed by atoms with van der Waals surface area (Å²) >= 11 is 1.80. The second-order valence-electron chi connectivity index (χ2n) is 5.07. The van der Waals surface area contributed by atoms with Gasteiger partial charge in [0.1, 0.15) is 16.5 Å². The molecule has 1 fully saturated rings. The number of aryl methyl sites for hydroxylation is 2. The number of aromatic nitrogens is 2. The van der Waals surface area contributed by atoms with E-state index in [2.05, 4.69) is 4.98 Å². The maximum atomic E-state index is 6.16. The SMILES string of the molecule is Nc1nc(C2CCOC2)nc2sc3c(c12)CCC3. The average Bonchev–Trinajstić information content (AvgIpc) is 3.04. The summed E-state index contributed by atoms with van der Waals surface area (Å²) in [6.07, 6.45) is 4.57. The van der Waals surface area contributed by atoms with Crippen LogP contribution in [0.1, 0.15) is 35.0 Å². The molecule has 1 aliphatic carbocycles. The van der Waals surface area contributed by atoms with Crippen molar-refractivity contribution in [3.05, 3.63) is 16.3 Å². The van der Waals surface area contributed by atoms with E-state index >= 15 is 0 Å². The molecule has 2 aromatic heterocycles. The Morgan fingerprint density at radius 2 is 2.22 bits per heavy atom. The number of anilines is 1. The van der Waals surface area contributed by atoms with Crippen LogP contribution in [0.5, 0.6) is 0 Å². The van der Waals surface area contributed by atoms with E-state index in [0.717, 1.165) is 42.1 Å². The third kappa shape index (κ3) is 1.47. The van der Waals surface area contributed by atoms with Crippen molar-refractivity contribution in [2.75, 3.05) is 18.9 Å². The van der Waals surface area contributed by atoms with Crippen molar-refractivity contribution in [1.82, 2.24) is 9.97 Å². The van der Waals surface area contributed by atoms with E-state index in [1.807, 2.05) is 0 Å². The first kappa shape index (κ1) is 10.7. The molecule has 18 heavy (non-hydrogen) atoms. The molecule has 0 bridgehead atoms. The fraction of sp³-hybridized carbons (Fsp3) is 0.538. The van der Waals surface area contributed by atoms with Crippen molar-refractivity contribution in [2.24, 2.45) is 0 Å². The molecule has 0 aromatic carbocycles. The minimum Gasteiger partial charge on any atom is -0.383 e. The van der Waals surface area contributed by atoms with Gasteiger partial charge < -0.3 is 10.5 Å². The molecule has 2 N–H and O–H groups in total. The van der Waals surface area contributed by atoms with E-state index in [9.17, 15) is 0 Å². The largest absolute Gasteiger partial charge is 0.383 e. The Labute approximate surface area is 109 Å². The maximum absolute atomic E-state index is 6.16. The van der Waals surface area contributed by atoms with Gasteiger partial charge in [0.2, 0.25) is 0 Å². The molecular weight excluding hydrogens is 246 g/mol. The zero-order chi connectivity index (χ0) is 12.1. The van der Waals surface area contributed by atoms with Gasteiger partial charge in [0.25, 0.3) is 0 Å². The number of hydrogen-bond acceptors (Lipinski definition) is 5. The van der Waals surface area contributed by atoms with Crippen LogP contribution in [-0.4, -0.2) is 23.2 Å². The van der Waals surface area contributed by atoms with Gasteiger partial charge in [-0.15, -0.1) is 11.3 Å². The van der Waals surface area contributed by atoms with Crippen LogP contribution in [0.4, 0.5) is 5.82 Å². The average molecular weight is 261 g/mol. The number of hydrogen-bond donors (Lipinski definition) is 1. The van der Waals surface area contributed by atoms with Gasteiger partial charge in [0, 0.05) is 17.4 Å². The fourth-order valence-electron chi connectivity index (χ4n) is 2.96. The molecule has 0 amide bonds. The van der Waals surface area contributed by atoms with E-state index < -0.39 is 0 Å². The third-order valence-electron chi connectivity index (χ3n) is 3.90. The van der Waals surface area contributed by atoms with Crippen molar-refractivity contribution in [3.8, 4) is 0 Å². The van der Waals surface area contributed by atoms with Gasteiger partial charge in [-0.2, -0.15) is 0 Å². The Morgan fingerprint density at radius 3 is 3.06 bits per heavy atom. The molecule has 1 unspecified atom stereocenters. The molecule has 4 nitrogen and oxygen atoms in total. The van der Waals surface area contributed by atoms with Gasteiger partial charge in [-0.3, -0.25) is 0 Å². The van der Waals surface area contributed by atoms with Crippen LogP contribution in [-0.2, 0) is 17.6 Å². The fourth-order valence-corrected chi connectivity index (χ4v) is 4.24. The van der Waals surface area contributed by atoms with Crippen LogP contribution < -0.4 is 5.73 Å². The van der Waals surface area contributed by atoms with E-state index in [4.69, 9.17) is 15.5 Å². The van der Waals surface area contributed by atoms with Crippen LogP contribution in [0.15, 0.2) is 0 Å². The van der Waals surface area contributed by atoms with Crippen molar-refractivity contribution >= 4 is 27.4 Å². The van der Waals surface area contributed by atoms with Gasteiger partial charge in [0.05, 0.1) is 12.0 Å². The third-order valence-corrected chi connectivity index (χ3v) is 5.09. The summed E-state index contributed by atoms with van der Waals surface area (Å²) in [5.41, 5.74) is 7.56. The standard InChI is InChI=1S/C13H15N3OS/c14-11-10-8-2-1-3-9(8)18-13(10)16-12(15-11)7-4-5-17-6-7/h7H,1-6H2,(H2,14,15,16). The summed E-state index contributed by atoms with van der Waals surface area (Å²) in [4.78, 5) is 11.8. The van der Waals surface area contributed by atoms with E-state index in [0.29, 0.717) is 11.7 Å². The number of nitrogens with zero attached hydrogens (tertiary/aromatic N) is 2. The molecule has 1 saturated heterocycles.